The van der Waals surface area contributed by atoms with Crippen molar-refractivity contribution < 1.29 is 24.4 Å². The van der Waals surface area contributed by atoms with Gasteiger partial charge in [-0.25, -0.2) is 4.79 Å². The second-order valence-electron chi connectivity index (χ2n) is 5.92. The van der Waals surface area contributed by atoms with Crippen LogP contribution in [-0.4, -0.2) is 40.2 Å². The molecule has 0 spiro atoms. The number of nitro benzene ring substituents is 1. The molecule has 1 amide bonds. The van der Waals surface area contributed by atoms with E-state index in [1.807, 2.05) is 20.8 Å². The predicted molar refractivity (Wildman–Crippen MR) is 82.3 cm³/mol. The maximum absolute atomic E-state index is 12.0. The van der Waals surface area contributed by atoms with Crippen molar-refractivity contribution in [3.05, 3.63) is 39.9 Å². The monoisotopic (exact) mass is 324 g/mol. The zero-order chi connectivity index (χ0) is 17.6. The summed E-state index contributed by atoms with van der Waals surface area (Å²) in [4.78, 5) is 33.2. The molecule has 0 heterocycles. The topological polar surface area (TPSA) is 119 Å². The number of hydrogen-bond acceptors (Lipinski definition) is 5. The normalized spacial score (nSPS) is 12.5. The highest BCUT2D eigenvalue weighted by molar-refractivity contribution is 5.96. The number of carbonyl (C=O) groups is 2. The molecule has 0 saturated heterocycles. The first kappa shape index (κ1) is 18.6. The first-order valence-electron chi connectivity index (χ1n) is 7.02. The van der Waals surface area contributed by atoms with Crippen LogP contribution in [0.15, 0.2) is 24.3 Å². The molecule has 1 aromatic rings. The minimum Gasteiger partial charge on any atom is -0.480 e. The fourth-order valence-electron chi connectivity index (χ4n) is 1.72. The van der Waals surface area contributed by atoms with Gasteiger partial charge >= 0.3 is 5.97 Å². The summed E-state index contributed by atoms with van der Waals surface area (Å²) in [6, 6.07) is 3.83. The number of rotatable bonds is 7. The van der Waals surface area contributed by atoms with Crippen molar-refractivity contribution in [3.63, 3.8) is 0 Å². The van der Waals surface area contributed by atoms with E-state index in [2.05, 4.69) is 5.32 Å². The van der Waals surface area contributed by atoms with E-state index in [-0.39, 0.29) is 24.3 Å². The summed E-state index contributed by atoms with van der Waals surface area (Å²) in [5, 5.41) is 22.1. The second-order valence-corrected chi connectivity index (χ2v) is 5.92. The number of nitrogens with one attached hydrogen (secondary N) is 1. The van der Waals surface area contributed by atoms with Gasteiger partial charge in [-0.15, -0.1) is 0 Å². The summed E-state index contributed by atoms with van der Waals surface area (Å²) in [7, 11) is 0. The molecule has 0 aliphatic rings. The van der Waals surface area contributed by atoms with Crippen LogP contribution in [0.5, 0.6) is 0 Å². The lowest BCUT2D eigenvalue weighted by atomic mass is 10.1. The van der Waals surface area contributed by atoms with Crippen molar-refractivity contribution >= 4 is 17.6 Å². The molecule has 0 aromatic heterocycles. The summed E-state index contributed by atoms with van der Waals surface area (Å²) in [5.41, 5.74) is -0.390. The van der Waals surface area contributed by atoms with E-state index in [0.29, 0.717) is 0 Å². The standard InChI is InChI=1S/C15H20N2O6/c1-15(2,3)23-9-8-12(14(19)20)16-13(18)10-4-6-11(7-5-10)17(21)22/h4-7,12H,8-9H2,1-3H3,(H,16,18)(H,19,20). The van der Waals surface area contributed by atoms with Crippen molar-refractivity contribution in [1.29, 1.82) is 0 Å². The highest BCUT2D eigenvalue weighted by Gasteiger charge is 2.22. The Morgan fingerprint density at radius 1 is 1.30 bits per heavy atom. The van der Waals surface area contributed by atoms with Gasteiger partial charge in [0.25, 0.3) is 11.6 Å². The molecule has 8 nitrogen and oxygen atoms in total. The number of ether oxygens (including phenoxy) is 1. The fraction of sp³-hybridized carbons (Fsp3) is 0.467. The van der Waals surface area contributed by atoms with Gasteiger partial charge in [0.15, 0.2) is 0 Å². The van der Waals surface area contributed by atoms with E-state index in [9.17, 15) is 19.7 Å². The summed E-state index contributed by atoms with van der Waals surface area (Å²) in [5.74, 6) is -1.78. The SMILES string of the molecule is CC(C)(C)OCCC(NC(=O)c1ccc([N+](=O)[O-])cc1)C(=O)O. The number of non-ortho nitro benzene ring substituents is 1. The van der Waals surface area contributed by atoms with Crippen LogP contribution in [0.1, 0.15) is 37.6 Å². The third kappa shape index (κ3) is 6.43. The molecular formula is C15H20N2O6. The molecule has 8 heteroatoms. The third-order valence-electron chi connectivity index (χ3n) is 2.89. The van der Waals surface area contributed by atoms with Gasteiger partial charge in [0, 0.05) is 30.7 Å². The van der Waals surface area contributed by atoms with Crippen molar-refractivity contribution in [1.82, 2.24) is 5.32 Å². The van der Waals surface area contributed by atoms with Crippen LogP contribution in [0.4, 0.5) is 5.69 Å². The zero-order valence-corrected chi connectivity index (χ0v) is 13.2. The lowest BCUT2D eigenvalue weighted by Gasteiger charge is -2.21. The highest BCUT2D eigenvalue weighted by Crippen LogP contribution is 2.12. The first-order chi connectivity index (χ1) is 10.6. The van der Waals surface area contributed by atoms with Crippen LogP contribution in [0.3, 0.4) is 0 Å². The van der Waals surface area contributed by atoms with Gasteiger partial charge in [0.05, 0.1) is 10.5 Å². The summed E-state index contributed by atoms with van der Waals surface area (Å²) in [6.45, 7) is 5.72. The largest absolute Gasteiger partial charge is 0.480 e. The number of nitrogens with zero attached hydrogens (tertiary/aromatic N) is 1. The number of hydrogen-bond donors (Lipinski definition) is 2. The lowest BCUT2D eigenvalue weighted by molar-refractivity contribution is -0.384. The zero-order valence-electron chi connectivity index (χ0n) is 13.2. The molecular weight excluding hydrogens is 304 g/mol. The first-order valence-corrected chi connectivity index (χ1v) is 7.02. The predicted octanol–water partition coefficient (Wildman–Crippen LogP) is 1.98. The average Bonchev–Trinajstić information content (AvgIpc) is 2.44. The van der Waals surface area contributed by atoms with Gasteiger partial charge in [-0.2, -0.15) is 0 Å². The summed E-state index contributed by atoms with van der Waals surface area (Å²) < 4.78 is 5.45. The van der Waals surface area contributed by atoms with Gasteiger partial charge in [-0.05, 0) is 32.9 Å². The maximum Gasteiger partial charge on any atom is 0.326 e. The smallest absolute Gasteiger partial charge is 0.326 e. The van der Waals surface area contributed by atoms with Crippen LogP contribution in [0.25, 0.3) is 0 Å². The molecule has 0 fully saturated rings. The summed E-state index contributed by atoms with van der Waals surface area (Å²) >= 11 is 0. The number of nitro groups is 1. The van der Waals surface area contributed by atoms with E-state index in [4.69, 9.17) is 9.84 Å². The molecule has 0 aliphatic carbocycles. The Balaban J connectivity index is 2.66. The van der Waals surface area contributed by atoms with Crippen LogP contribution in [0, 0.1) is 10.1 Å². The van der Waals surface area contributed by atoms with Gasteiger partial charge in [-0.1, -0.05) is 0 Å². The van der Waals surface area contributed by atoms with Crippen molar-refractivity contribution in [3.8, 4) is 0 Å². The Kier molecular flexibility index (Phi) is 6.20. The van der Waals surface area contributed by atoms with E-state index < -0.39 is 28.4 Å². The number of carboxylic acid groups (broad SMARTS) is 1. The van der Waals surface area contributed by atoms with Crippen molar-refractivity contribution in [2.75, 3.05) is 6.61 Å². The Morgan fingerprint density at radius 3 is 2.30 bits per heavy atom. The minimum absolute atomic E-state index is 0.116. The van der Waals surface area contributed by atoms with Gasteiger partial charge < -0.3 is 15.2 Å². The number of amides is 1. The molecule has 126 valence electrons. The number of carbonyl (C=O) groups excluding carboxylic acids is 1. The highest BCUT2D eigenvalue weighted by atomic mass is 16.6. The van der Waals surface area contributed by atoms with Crippen molar-refractivity contribution in [2.45, 2.75) is 38.8 Å². The number of aliphatic carboxylic acids is 1. The van der Waals surface area contributed by atoms with E-state index in [1.165, 1.54) is 24.3 Å². The van der Waals surface area contributed by atoms with E-state index in [0.717, 1.165) is 0 Å². The number of benzene rings is 1. The fourth-order valence-corrected chi connectivity index (χ4v) is 1.72. The molecule has 2 N–H and O–H groups in total. The van der Waals surface area contributed by atoms with Gasteiger partial charge in [0.1, 0.15) is 6.04 Å². The Bertz CT molecular complexity index is 577. The van der Waals surface area contributed by atoms with Crippen LogP contribution in [-0.2, 0) is 9.53 Å². The molecule has 0 bridgehead atoms. The minimum atomic E-state index is -1.17. The molecule has 1 aromatic carbocycles. The van der Waals surface area contributed by atoms with Gasteiger partial charge in [0.2, 0.25) is 0 Å². The molecule has 1 atom stereocenters. The van der Waals surface area contributed by atoms with E-state index in [1.54, 1.807) is 0 Å². The van der Waals surface area contributed by atoms with E-state index >= 15 is 0 Å². The molecule has 0 saturated carbocycles. The number of carboxylic acids is 1. The van der Waals surface area contributed by atoms with Crippen LogP contribution in [0.2, 0.25) is 0 Å². The molecule has 1 unspecified atom stereocenters. The molecule has 23 heavy (non-hydrogen) atoms. The third-order valence-corrected chi connectivity index (χ3v) is 2.89. The Hall–Kier alpha value is -2.48. The van der Waals surface area contributed by atoms with Crippen molar-refractivity contribution in [2.24, 2.45) is 0 Å². The Morgan fingerprint density at radius 2 is 1.87 bits per heavy atom. The Labute approximate surface area is 133 Å². The maximum atomic E-state index is 12.0. The summed E-state index contributed by atoms with van der Waals surface area (Å²) in [6.07, 6.45) is 0.116. The molecule has 1 rings (SSSR count). The van der Waals surface area contributed by atoms with Gasteiger partial charge in [-0.3, -0.25) is 14.9 Å². The molecule has 0 aliphatic heterocycles. The average molecular weight is 324 g/mol. The quantitative estimate of drug-likeness (QED) is 0.584. The van der Waals surface area contributed by atoms with Crippen LogP contribution >= 0.6 is 0 Å². The second kappa shape index (κ2) is 7.68. The molecule has 0 radical (unpaired) electrons. The van der Waals surface area contributed by atoms with Crippen LogP contribution < -0.4 is 5.32 Å². The lowest BCUT2D eigenvalue weighted by Crippen LogP contribution is -2.42.